The molecule has 1 aliphatic heterocycles. The number of hydrogen-bond acceptors (Lipinski definition) is 3. The zero-order valence-electron chi connectivity index (χ0n) is 13.1. The van der Waals surface area contributed by atoms with Crippen molar-refractivity contribution in [2.24, 2.45) is 0 Å². The minimum Gasteiger partial charge on any atom is -0.368 e. The summed E-state index contributed by atoms with van der Waals surface area (Å²) in [6, 6.07) is 17.0. The second-order valence-corrected chi connectivity index (χ2v) is 6.49. The van der Waals surface area contributed by atoms with Gasteiger partial charge in [0.2, 0.25) is 0 Å². The van der Waals surface area contributed by atoms with Crippen LogP contribution in [-0.2, 0) is 0 Å². The predicted octanol–water partition coefficient (Wildman–Crippen LogP) is 3.67. The fraction of sp³-hybridized carbons (Fsp3) is 0.222. The molecule has 3 rings (SSSR count). The summed E-state index contributed by atoms with van der Waals surface area (Å²) >= 11 is 3.49. The zero-order chi connectivity index (χ0) is 16.9. The Labute approximate surface area is 149 Å². The van der Waals surface area contributed by atoms with E-state index in [1.807, 2.05) is 17.0 Å². The smallest absolute Gasteiger partial charge is 0.321 e. The van der Waals surface area contributed by atoms with Crippen LogP contribution in [0.15, 0.2) is 53.0 Å². The van der Waals surface area contributed by atoms with Crippen LogP contribution in [-0.4, -0.2) is 37.1 Å². The normalized spacial score (nSPS) is 14.2. The van der Waals surface area contributed by atoms with Crippen LogP contribution in [0.4, 0.5) is 16.2 Å². The molecule has 1 aliphatic rings. The molecule has 1 N–H and O–H groups in total. The molecule has 6 heteroatoms. The lowest BCUT2D eigenvalue weighted by molar-refractivity contribution is 0.208. The average Bonchev–Trinajstić information content (AvgIpc) is 2.62. The van der Waals surface area contributed by atoms with E-state index in [2.05, 4.69) is 44.3 Å². The molecule has 1 heterocycles. The summed E-state index contributed by atoms with van der Waals surface area (Å²) in [6.07, 6.45) is 0. The first-order valence-corrected chi connectivity index (χ1v) is 8.51. The number of nitrogens with one attached hydrogen (secondary N) is 1. The number of hydrogen-bond donors (Lipinski definition) is 1. The third-order valence-electron chi connectivity index (χ3n) is 4.01. The van der Waals surface area contributed by atoms with Crippen molar-refractivity contribution < 1.29 is 4.79 Å². The number of nitriles is 1. The van der Waals surface area contributed by atoms with Crippen LogP contribution < -0.4 is 10.2 Å². The molecule has 0 radical (unpaired) electrons. The van der Waals surface area contributed by atoms with E-state index in [4.69, 9.17) is 5.26 Å². The number of rotatable bonds is 2. The molecule has 0 unspecified atom stereocenters. The van der Waals surface area contributed by atoms with Crippen molar-refractivity contribution in [3.8, 4) is 6.07 Å². The molecule has 1 fully saturated rings. The quantitative estimate of drug-likeness (QED) is 0.858. The molecule has 0 saturated carbocycles. The monoisotopic (exact) mass is 384 g/mol. The lowest BCUT2D eigenvalue weighted by Gasteiger charge is -2.36. The second kappa shape index (κ2) is 7.37. The number of urea groups is 1. The van der Waals surface area contributed by atoms with E-state index in [0.717, 1.165) is 23.2 Å². The number of benzene rings is 2. The third-order valence-corrected chi connectivity index (χ3v) is 4.50. The summed E-state index contributed by atoms with van der Waals surface area (Å²) in [4.78, 5) is 16.4. The summed E-state index contributed by atoms with van der Waals surface area (Å²) in [7, 11) is 0. The molecular weight excluding hydrogens is 368 g/mol. The zero-order valence-corrected chi connectivity index (χ0v) is 14.7. The van der Waals surface area contributed by atoms with Crippen molar-refractivity contribution in [2.45, 2.75) is 0 Å². The van der Waals surface area contributed by atoms with Crippen molar-refractivity contribution >= 4 is 33.3 Å². The van der Waals surface area contributed by atoms with Crippen molar-refractivity contribution in [1.29, 1.82) is 5.26 Å². The molecule has 0 aliphatic carbocycles. The van der Waals surface area contributed by atoms with Gasteiger partial charge in [-0.2, -0.15) is 5.26 Å². The van der Waals surface area contributed by atoms with Gasteiger partial charge in [-0.1, -0.05) is 22.0 Å². The van der Waals surface area contributed by atoms with E-state index in [1.54, 1.807) is 24.3 Å². The lowest BCUT2D eigenvalue weighted by atomic mass is 10.2. The molecule has 5 nitrogen and oxygen atoms in total. The van der Waals surface area contributed by atoms with Crippen LogP contribution in [0.1, 0.15) is 5.56 Å². The van der Waals surface area contributed by atoms with Gasteiger partial charge in [0, 0.05) is 42.0 Å². The molecule has 0 bridgehead atoms. The van der Waals surface area contributed by atoms with Gasteiger partial charge in [0.15, 0.2) is 0 Å². The predicted molar refractivity (Wildman–Crippen MR) is 98.1 cm³/mol. The van der Waals surface area contributed by atoms with Crippen LogP contribution in [0, 0.1) is 11.3 Å². The van der Waals surface area contributed by atoms with Gasteiger partial charge in [-0.25, -0.2) is 4.79 Å². The van der Waals surface area contributed by atoms with Crippen LogP contribution >= 0.6 is 15.9 Å². The Bertz CT molecular complexity index is 761. The molecular formula is C18H17BrN4O. The fourth-order valence-corrected chi connectivity index (χ4v) is 3.06. The highest BCUT2D eigenvalue weighted by Gasteiger charge is 2.21. The van der Waals surface area contributed by atoms with Gasteiger partial charge in [0.1, 0.15) is 0 Å². The van der Waals surface area contributed by atoms with E-state index in [0.29, 0.717) is 24.3 Å². The molecule has 24 heavy (non-hydrogen) atoms. The van der Waals surface area contributed by atoms with Gasteiger partial charge in [0.25, 0.3) is 0 Å². The molecule has 2 aromatic carbocycles. The Morgan fingerprint density at radius 3 is 2.42 bits per heavy atom. The maximum Gasteiger partial charge on any atom is 0.321 e. The molecule has 1 saturated heterocycles. The molecule has 2 aromatic rings. The maximum absolute atomic E-state index is 12.3. The Kier molecular flexibility index (Phi) is 5.02. The summed E-state index contributed by atoms with van der Waals surface area (Å²) in [5.74, 6) is 0. The largest absolute Gasteiger partial charge is 0.368 e. The Morgan fingerprint density at radius 2 is 1.79 bits per heavy atom. The Morgan fingerprint density at radius 1 is 1.08 bits per heavy atom. The standard InChI is InChI=1S/C18H17BrN4O/c19-15-2-1-3-17(12-15)22-8-10-23(11-9-22)18(24)21-16-6-4-14(13-20)5-7-16/h1-7,12H,8-11H2,(H,21,24). The average molecular weight is 385 g/mol. The summed E-state index contributed by atoms with van der Waals surface area (Å²) in [5, 5.41) is 11.7. The number of piperazine rings is 1. The summed E-state index contributed by atoms with van der Waals surface area (Å²) in [5.41, 5.74) is 2.44. The molecule has 0 spiro atoms. The Balaban J connectivity index is 1.56. The number of carbonyl (C=O) groups excluding carboxylic acids is 1. The van der Waals surface area contributed by atoms with Crippen LogP contribution in [0.25, 0.3) is 0 Å². The highest BCUT2D eigenvalue weighted by molar-refractivity contribution is 9.10. The lowest BCUT2D eigenvalue weighted by Crippen LogP contribution is -2.50. The minimum atomic E-state index is -0.103. The number of amides is 2. The summed E-state index contributed by atoms with van der Waals surface area (Å²) in [6.45, 7) is 2.96. The first kappa shape index (κ1) is 16.3. The minimum absolute atomic E-state index is 0.103. The van der Waals surface area contributed by atoms with Gasteiger partial charge in [-0.05, 0) is 42.5 Å². The van der Waals surface area contributed by atoms with Crippen LogP contribution in [0.3, 0.4) is 0 Å². The van der Waals surface area contributed by atoms with E-state index in [1.165, 1.54) is 0 Å². The molecule has 2 amide bonds. The number of halogens is 1. The van der Waals surface area contributed by atoms with Gasteiger partial charge in [0.05, 0.1) is 11.6 Å². The second-order valence-electron chi connectivity index (χ2n) is 5.57. The van der Waals surface area contributed by atoms with E-state index < -0.39 is 0 Å². The van der Waals surface area contributed by atoms with Crippen molar-refractivity contribution in [3.63, 3.8) is 0 Å². The maximum atomic E-state index is 12.3. The molecule has 0 atom stereocenters. The van der Waals surface area contributed by atoms with Gasteiger partial charge in [-0.15, -0.1) is 0 Å². The Hall–Kier alpha value is -2.52. The number of carbonyl (C=O) groups is 1. The van der Waals surface area contributed by atoms with Crippen LogP contribution in [0.2, 0.25) is 0 Å². The highest BCUT2D eigenvalue weighted by atomic mass is 79.9. The van der Waals surface area contributed by atoms with E-state index >= 15 is 0 Å². The molecule has 0 aromatic heterocycles. The SMILES string of the molecule is N#Cc1ccc(NC(=O)N2CCN(c3cccc(Br)c3)CC2)cc1. The number of nitrogens with zero attached hydrogens (tertiary/aromatic N) is 3. The first-order chi connectivity index (χ1) is 11.7. The van der Waals surface area contributed by atoms with Crippen molar-refractivity contribution in [1.82, 2.24) is 4.90 Å². The van der Waals surface area contributed by atoms with Crippen molar-refractivity contribution in [2.75, 3.05) is 36.4 Å². The topological polar surface area (TPSA) is 59.4 Å². The third kappa shape index (κ3) is 3.87. The highest BCUT2D eigenvalue weighted by Crippen LogP contribution is 2.21. The van der Waals surface area contributed by atoms with E-state index in [9.17, 15) is 4.79 Å². The van der Waals surface area contributed by atoms with Gasteiger partial charge in [-0.3, -0.25) is 0 Å². The van der Waals surface area contributed by atoms with Crippen LogP contribution in [0.5, 0.6) is 0 Å². The van der Waals surface area contributed by atoms with Gasteiger partial charge < -0.3 is 15.1 Å². The van der Waals surface area contributed by atoms with Gasteiger partial charge >= 0.3 is 6.03 Å². The number of anilines is 2. The first-order valence-electron chi connectivity index (χ1n) is 7.72. The fourth-order valence-electron chi connectivity index (χ4n) is 2.67. The molecule has 122 valence electrons. The van der Waals surface area contributed by atoms with Crippen molar-refractivity contribution in [3.05, 3.63) is 58.6 Å². The van der Waals surface area contributed by atoms with E-state index in [-0.39, 0.29) is 6.03 Å². The summed E-state index contributed by atoms with van der Waals surface area (Å²) < 4.78 is 1.06.